The van der Waals surface area contributed by atoms with Gasteiger partial charge in [-0.3, -0.25) is 0 Å². The van der Waals surface area contributed by atoms with Crippen LogP contribution in [0.1, 0.15) is 117 Å². The van der Waals surface area contributed by atoms with Crippen LogP contribution >= 0.6 is 0 Å². The molecule has 16 atom stereocenters. The summed E-state index contributed by atoms with van der Waals surface area (Å²) >= 11 is 0. The summed E-state index contributed by atoms with van der Waals surface area (Å²) in [5.41, 5.74) is 0.893. The van der Waals surface area contributed by atoms with E-state index >= 15 is 0 Å². The van der Waals surface area contributed by atoms with Gasteiger partial charge in [0.15, 0.2) is 23.8 Å². The topological polar surface area (TPSA) is 73.8 Å². The Morgan fingerprint density at radius 2 is 0.980 bits per heavy atom. The van der Waals surface area contributed by atoms with Crippen molar-refractivity contribution in [1.82, 2.24) is 0 Å². The Kier molecular flexibility index (Phi) is 8.31. The first-order valence-corrected chi connectivity index (χ1v) is 19.5. The maximum absolute atomic E-state index is 6.72. The van der Waals surface area contributed by atoms with Crippen LogP contribution in [0.4, 0.5) is 0 Å². The molecule has 8 heteroatoms. The van der Waals surface area contributed by atoms with E-state index in [1.54, 1.807) is 0 Å². The molecule has 4 bridgehead atoms. The molecule has 11 rings (SSSR count). The van der Waals surface area contributed by atoms with Gasteiger partial charge in [-0.05, 0) is 112 Å². The highest BCUT2D eigenvalue weighted by atomic mass is 17.3. The van der Waals surface area contributed by atoms with E-state index in [-0.39, 0.29) is 12.2 Å². The number of fused-ring (bicyclic) bond motifs is 4. The Bertz CT molecular complexity index is 1470. The van der Waals surface area contributed by atoms with Crippen LogP contribution in [0, 0.1) is 71.0 Å². The third kappa shape index (κ3) is 5.19. The minimum absolute atomic E-state index is 0.0171. The van der Waals surface area contributed by atoms with Gasteiger partial charge in [0.2, 0.25) is 11.6 Å². The molecule has 1 aromatic carbocycles. The summed E-state index contributed by atoms with van der Waals surface area (Å²) in [6, 6.07) is 8.24. The lowest BCUT2D eigenvalue weighted by Crippen LogP contribution is -2.70. The molecule has 1 aromatic rings. The molecule has 0 aromatic heterocycles. The Labute approximate surface area is 297 Å². The molecule has 2 spiro atoms. The van der Waals surface area contributed by atoms with Crippen molar-refractivity contribution >= 4 is 0 Å². The highest BCUT2D eigenvalue weighted by Gasteiger charge is 2.70. The van der Waals surface area contributed by atoms with Gasteiger partial charge >= 0.3 is 0 Å². The van der Waals surface area contributed by atoms with Crippen molar-refractivity contribution in [2.45, 2.75) is 153 Å². The molecule has 2 saturated carbocycles. The summed E-state index contributed by atoms with van der Waals surface area (Å²) in [6.07, 6.45) is 8.75. The van der Waals surface area contributed by atoms with Gasteiger partial charge in [0.05, 0.1) is 12.2 Å². The van der Waals surface area contributed by atoms with Gasteiger partial charge in [0, 0.05) is 48.6 Å². The fraction of sp³-hybridized carbons (Fsp3) is 0.762. The van der Waals surface area contributed by atoms with Gasteiger partial charge in [-0.25, -0.2) is 19.6 Å². The van der Waals surface area contributed by atoms with Crippen LogP contribution in [-0.2, 0) is 38.5 Å². The van der Waals surface area contributed by atoms with Gasteiger partial charge in [-0.1, -0.05) is 51.4 Å². The maximum Gasteiger partial charge on any atom is 0.201 e. The lowest BCUT2D eigenvalue weighted by atomic mass is 9.57. The van der Waals surface area contributed by atoms with Crippen molar-refractivity contribution in [3.63, 3.8) is 0 Å². The molecule has 50 heavy (non-hydrogen) atoms. The van der Waals surface area contributed by atoms with Crippen LogP contribution < -0.4 is 0 Å². The third-order valence-electron chi connectivity index (χ3n) is 14.5. The Morgan fingerprint density at radius 1 is 0.560 bits per heavy atom. The monoisotopic (exact) mass is 686 g/mol. The van der Waals surface area contributed by atoms with Gasteiger partial charge < -0.3 is 18.9 Å². The van der Waals surface area contributed by atoms with Crippen LogP contribution in [0.25, 0.3) is 0 Å². The summed E-state index contributed by atoms with van der Waals surface area (Å²) in [7, 11) is 0. The summed E-state index contributed by atoms with van der Waals surface area (Å²) in [5, 5.41) is 0. The van der Waals surface area contributed by atoms with E-state index in [1.807, 2.05) is 13.8 Å². The first kappa shape index (κ1) is 33.8. The highest BCUT2D eigenvalue weighted by Crippen LogP contribution is 2.62. The highest BCUT2D eigenvalue weighted by molar-refractivity contribution is 5.42. The van der Waals surface area contributed by atoms with Crippen molar-refractivity contribution < 1.29 is 38.5 Å². The minimum Gasteiger partial charge on any atom is -0.345 e. The molecule has 8 heterocycles. The zero-order chi connectivity index (χ0) is 34.5. The summed E-state index contributed by atoms with van der Waals surface area (Å²) in [5.74, 6) is 15.2. The fourth-order valence-electron chi connectivity index (χ4n) is 11.6. The number of hydrogen-bond donors (Lipinski definition) is 0. The van der Waals surface area contributed by atoms with E-state index in [2.05, 4.69) is 75.6 Å². The maximum atomic E-state index is 6.72. The molecule has 2 aliphatic carbocycles. The Hall–Kier alpha value is -1.98. The average Bonchev–Trinajstić information content (AvgIpc) is 3.47. The van der Waals surface area contributed by atoms with Crippen LogP contribution in [0.15, 0.2) is 24.3 Å². The zero-order valence-electron chi connectivity index (χ0n) is 30.6. The molecule has 2 unspecified atom stereocenters. The molecule has 0 radical (unpaired) electrons. The molecule has 0 N–H and O–H groups in total. The molecule has 8 aliphatic heterocycles. The van der Waals surface area contributed by atoms with Gasteiger partial charge in [0.25, 0.3) is 0 Å². The molecule has 8 nitrogen and oxygen atoms in total. The largest absolute Gasteiger partial charge is 0.345 e. The van der Waals surface area contributed by atoms with Crippen LogP contribution in [0.5, 0.6) is 0 Å². The molecule has 270 valence electrons. The fourth-order valence-corrected chi connectivity index (χ4v) is 11.6. The van der Waals surface area contributed by atoms with Crippen molar-refractivity contribution in [3.8, 4) is 23.7 Å². The van der Waals surface area contributed by atoms with Crippen molar-refractivity contribution in [2.75, 3.05) is 0 Å². The minimum atomic E-state index is -0.757. The van der Waals surface area contributed by atoms with Crippen LogP contribution in [-0.4, -0.2) is 47.6 Å². The lowest BCUT2D eigenvalue weighted by molar-refractivity contribution is -0.571. The van der Waals surface area contributed by atoms with Gasteiger partial charge in [0.1, 0.15) is 0 Å². The standard InChI is InChI=1S/C42H54O8/c1-25-13-19-33-27(3)35(43-37-41(33)31(25)21-23-39(5,45-37)47-49-41)11-7-9-29-15-17-30(18-16-29)10-8-12-36-28(4)34-20-14-26(2)32-22-24-40(6)46-38(44-36)42(32,34)50-48-40/h15-18,25-28,31-38H,11-14,19-24H2,1-6H3/t25-,26-,27-,28-,31+,32+,33+,34+,35?,36?,37+,38+,39-,40-,41-,42-/m1/s1. The number of ether oxygens (including phenoxy) is 4. The molecular formula is C42H54O8. The number of rotatable bonds is 2. The molecule has 10 aliphatic rings. The number of benzene rings is 1. The van der Waals surface area contributed by atoms with Crippen molar-refractivity contribution in [2.24, 2.45) is 47.3 Å². The van der Waals surface area contributed by atoms with E-state index in [0.29, 0.717) is 60.2 Å². The van der Waals surface area contributed by atoms with Crippen LogP contribution in [0.2, 0.25) is 0 Å². The van der Waals surface area contributed by atoms with Gasteiger partial charge in [-0.15, -0.1) is 0 Å². The number of hydrogen-bond acceptors (Lipinski definition) is 8. The third-order valence-corrected chi connectivity index (χ3v) is 14.5. The Morgan fingerprint density at radius 3 is 1.40 bits per heavy atom. The van der Waals surface area contributed by atoms with E-state index in [1.165, 1.54) is 12.8 Å². The second-order valence-corrected chi connectivity index (χ2v) is 17.5. The predicted molar refractivity (Wildman–Crippen MR) is 183 cm³/mol. The smallest absolute Gasteiger partial charge is 0.201 e. The lowest BCUT2D eigenvalue weighted by Gasteiger charge is -2.60. The van der Waals surface area contributed by atoms with Gasteiger partial charge in [-0.2, -0.15) is 0 Å². The molecular weight excluding hydrogens is 632 g/mol. The molecule has 10 fully saturated rings. The average molecular weight is 687 g/mol. The van der Waals surface area contributed by atoms with E-state index < -0.39 is 35.4 Å². The SMILES string of the molecule is C[C@@H]1CC[C@H]2[C@@H](C)C(CC#Cc3ccc(C#CCC4O[C@H]5O[C@@]6(C)CC[C@H]7[C@H](C)CC[C@@H]([C@H]4C)[C@@]57OO6)cc3)O[C@H]3O[C@@]4(C)CC[C@@H]1[C@]32OO4. The van der Waals surface area contributed by atoms with E-state index in [0.717, 1.165) is 49.7 Å². The second kappa shape index (κ2) is 12.3. The Balaban J connectivity index is 0.846. The summed E-state index contributed by atoms with van der Waals surface area (Å²) < 4.78 is 26.5. The normalized spacial score (nSPS) is 51.5. The second-order valence-electron chi connectivity index (χ2n) is 17.5. The summed E-state index contributed by atoms with van der Waals surface area (Å²) in [4.78, 5) is 24.5. The predicted octanol–water partition coefficient (Wildman–Crippen LogP) is 7.67. The quantitative estimate of drug-likeness (QED) is 0.232. The van der Waals surface area contributed by atoms with Crippen molar-refractivity contribution in [3.05, 3.63) is 35.4 Å². The first-order valence-electron chi connectivity index (χ1n) is 19.5. The van der Waals surface area contributed by atoms with Crippen molar-refractivity contribution in [1.29, 1.82) is 0 Å². The van der Waals surface area contributed by atoms with E-state index in [4.69, 9.17) is 38.5 Å². The van der Waals surface area contributed by atoms with E-state index in [9.17, 15) is 0 Å². The molecule has 8 saturated heterocycles. The molecule has 0 amide bonds. The first-order chi connectivity index (χ1) is 24.0. The zero-order valence-corrected chi connectivity index (χ0v) is 30.6. The summed E-state index contributed by atoms with van der Waals surface area (Å²) in [6.45, 7) is 13.2. The van der Waals surface area contributed by atoms with Crippen LogP contribution in [0.3, 0.4) is 0 Å².